The lowest BCUT2D eigenvalue weighted by molar-refractivity contribution is 0.0842. The van der Waals surface area contributed by atoms with Crippen LogP contribution in [0.3, 0.4) is 0 Å². The highest BCUT2D eigenvalue weighted by molar-refractivity contribution is 4.84. The van der Waals surface area contributed by atoms with Gasteiger partial charge in [-0.15, -0.1) is 0 Å². The number of hydrogen-bond donors (Lipinski definition) is 2. The maximum atomic E-state index is 9.98. The molecule has 2 unspecified atom stereocenters. The van der Waals surface area contributed by atoms with Crippen LogP contribution >= 0.6 is 0 Å². The predicted molar refractivity (Wildman–Crippen MR) is 81.2 cm³/mol. The van der Waals surface area contributed by atoms with Gasteiger partial charge >= 0.3 is 0 Å². The van der Waals surface area contributed by atoms with E-state index in [9.17, 15) is 5.11 Å². The Morgan fingerprint density at radius 1 is 0.947 bits per heavy atom. The molecule has 0 heterocycles. The fourth-order valence-electron chi connectivity index (χ4n) is 3.90. The minimum atomic E-state index is -0.0975. The van der Waals surface area contributed by atoms with Crippen molar-refractivity contribution in [1.29, 1.82) is 0 Å². The third-order valence-electron chi connectivity index (χ3n) is 5.47. The zero-order valence-electron chi connectivity index (χ0n) is 13.1. The molecule has 0 aromatic heterocycles. The molecule has 0 bridgehead atoms. The van der Waals surface area contributed by atoms with E-state index in [1.54, 1.807) is 0 Å². The van der Waals surface area contributed by atoms with Crippen LogP contribution in [0.1, 0.15) is 72.1 Å². The molecule has 2 aliphatic rings. The molecule has 0 aromatic carbocycles. The summed E-state index contributed by atoms with van der Waals surface area (Å²) < 4.78 is 0. The largest absolute Gasteiger partial charge is 0.392 e. The van der Waals surface area contributed by atoms with Gasteiger partial charge in [-0.1, -0.05) is 33.6 Å². The first-order valence-corrected chi connectivity index (χ1v) is 8.38. The summed E-state index contributed by atoms with van der Waals surface area (Å²) in [6.45, 7) is 8.27. The van der Waals surface area contributed by atoms with E-state index in [-0.39, 0.29) is 6.10 Å². The first kappa shape index (κ1) is 15.3. The maximum Gasteiger partial charge on any atom is 0.0693 e. The third-order valence-corrected chi connectivity index (χ3v) is 5.47. The fraction of sp³-hybridized carbons (Fsp3) is 1.00. The monoisotopic (exact) mass is 267 g/mol. The molecular formula is C17H33NO. The quantitative estimate of drug-likeness (QED) is 0.816. The molecule has 2 rings (SSSR count). The molecule has 2 fully saturated rings. The molecule has 0 amide bonds. The third kappa shape index (κ3) is 4.46. The highest BCUT2D eigenvalue weighted by Crippen LogP contribution is 2.39. The van der Waals surface area contributed by atoms with Crippen LogP contribution in [-0.4, -0.2) is 23.8 Å². The van der Waals surface area contributed by atoms with Crippen molar-refractivity contribution >= 4 is 0 Å². The normalized spacial score (nSPS) is 37.3. The molecular weight excluding hydrogens is 234 g/mol. The predicted octanol–water partition coefficient (Wildman–Crippen LogP) is 3.73. The van der Waals surface area contributed by atoms with Crippen LogP contribution in [0, 0.1) is 17.3 Å². The Bertz CT molecular complexity index is 263. The molecule has 2 aliphatic carbocycles. The number of nitrogens with one attached hydrogen (secondary N) is 1. The van der Waals surface area contributed by atoms with Crippen molar-refractivity contribution in [3.8, 4) is 0 Å². The van der Waals surface area contributed by atoms with Crippen molar-refractivity contribution in [2.75, 3.05) is 6.54 Å². The van der Waals surface area contributed by atoms with E-state index >= 15 is 0 Å². The average molecular weight is 267 g/mol. The van der Waals surface area contributed by atoms with E-state index < -0.39 is 0 Å². The highest BCUT2D eigenvalue weighted by atomic mass is 16.3. The first-order valence-electron chi connectivity index (χ1n) is 8.38. The lowest BCUT2D eigenvalue weighted by atomic mass is 9.70. The van der Waals surface area contributed by atoms with Gasteiger partial charge in [-0.05, 0) is 62.3 Å². The molecule has 0 saturated heterocycles. The van der Waals surface area contributed by atoms with E-state index in [4.69, 9.17) is 0 Å². The molecule has 2 atom stereocenters. The minimum Gasteiger partial charge on any atom is -0.392 e. The summed E-state index contributed by atoms with van der Waals surface area (Å²) in [5.74, 6) is 1.75. The van der Waals surface area contributed by atoms with Crippen molar-refractivity contribution in [3.63, 3.8) is 0 Å². The van der Waals surface area contributed by atoms with Gasteiger partial charge in [-0.2, -0.15) is 0 Å². The Hall–Kier alpha value is -0.0800. The number of hydrogen-bond acceptors (Lipinski definition) is 2. The second kappa shape index (κ2) is 6.58. The highest BCUT2D eigenvalue weighted by Gasteiger charge is 2.30. The zero-order valence-corrected chi connectivity index (χ0v) is 13.1. The Labute approximate surface area is 119 Å². The topological polar surface area (TPSA) is 32.3 Å². The smallest absolute Gasteiger partial charge is 0.0693 e. The van der Waals surface area contributed by atoms with Crippen molar-refractivity contribution < 1.29 is 5.11 Å². The Balaban J connectivity index is 1.68. The van der Waals surface area contributed by atoms with Gasteiger partial charge in [0.25, 0.3) is 0 Å². The van der Waals surface area contributed by atoms with Crippen LogP contribution in [0.2, 0.25) is 0 Å². The van der Waals surface area contributed by atoms with Gasteiger partial charge < -0.3 is 10.4 Å². The summed E-state index contributed by atoms with van der Waals surface area (Å²) in [6.07, 6.45) is 10.1. The van der Waals surface area contributed by atoms with Gasteiger partial charge in [0.2, 0.25) is 0 Å². The van der Waals surface area contributed by atoms with Gasteiger partial charge in [-0.25, -0.2) is 0 Å². The van der Waals surface area contributed by atoms with E-state index in [0.29, 0.717) is 11.5 Å². The number of aliphatic hydroxyl groups excluding tert-OH is 1. The lowest BCUT2D eigenvalue weighted by Crippen LogP contribution is -2.44. The molecule has 2 saturated carbocycles. The standard InChI is InChI=1S/C17H33NO/c1-17(2,3)14-10-8-13(9-11-14)12-18-15-6-4-5-7-16(15)19/h13-16,18-19H,4-12H2,1-3H3. The summed E-state index contributed by atoms with van der Waals surface area (Å²) in [6, 6.07) is 0.370. The molecule has 2 heteroatoms. The van der Waals surface area contributed by atoms with Gasteiger partial charge in [0.05, 0.1) is 6.10 Å². The zero-order chi connectivity index (χ0) is 13.9. The van der Waals surface area contributed by atoms with Gasteiger partial charge in [-0.3, -0.25) is 0 Å². The second-order valence-electron chi connectivity index (χ2n) is 7.95. The maximum absolute atomic E-state index is 9.98. The molecule has 19 heavy (non-hydrogen) atoms. The van der Waals surface area contributed by atoms with Gasteiger partial charge in [0.15, 0.2) is 0 Å². The molecule has 0 radical (unpaired) electrons. The SMILES string of the molecule is CC(C)(C)C1CCC(CNC2CCCCC2O)CC1. The van der Waals surface area contributed by atoms with E-state index in [1.807, 2.05) is 0 Å². The van der Waals surface area contributed by atoms with Crippen molar-refractivity contribution in [3.05, 3.63) is 0 Å². The van der Waals surface area contributed by atoms with E-state index in [2.05, 4.69) is 26.1 Å². The fourth-order valence-corrected chi connectivity index (χ4v) is 3.90. The molecule has 0 aromatic rings. The van der Waals surface area contributed by atoms with Crippen molar-refractivity contribution in [2.24, 2.45) is 17.3 Å². The minimum absolute atomic E-state index is 0.0975. The molecule has 0 aliphatic heterocycles. The van der Waals surface area contributed by atoms with Crippen molar-refractivity contribution in [2.45, 2.75) is 84.3 Å². The summed E-state index contributed by atoms with van der Waals surface area (Å²) in [5.41, 5.74) is 0.484. The number of rotatable bonds is 3. The summed E-state index contributed by atoms with van der Waals surface area (Å²) in [4.78, 5) is 0. The van der Waals surface area contributed by atoms with E-state index in [0.717, 1.165) is 24.8 Å². The molecule has 2 nitrogen and oxygen atoms in total. The molecule has 112 valence electrons. The molecule has 0 spiro atoms. The summed E-state index contributed by atoms with van der Waals surface area (Å²) in [5, 5.41) is 13.6. The summed E-state index contributed by atoms with van der Waals surface area (Å²) in [7, 11) is 0. The second-order valence-corrected chi connectivity index (χ2v) is 7.95. The average Bonchev–Trinajstić information content (AvgIpc) is 2.37. The van der Waals surface area contributed by atoms with E-state index in [1.165, 1.54) is 44.9 Å². The van der Waals surface area contributed by atoms with Crippen molar-refractivity contribution in [1.82, 2.24) is 5.32 Å². The van der Waals surface area contributed by atoms with Crippen LogP contribution in [-0.2, 0) is 0 Å². The van der Waals surface area contributed by atoms with Crippen LogP contribution in [0.5, 0.6) is 0 Å². The number of aliphatic hydroxyl groups is 1. The Morgan fingerprint density at radius 2 is 1.58 bits per heavy atom. The Kier molecular flexibility index (Phi) is 5.30. The summed E-state index contributed by atoms with van der Waals surface area (Å²) >= 11 is 0. The van der Waals surface area contributed by atoms with Gasteiger partial charge in [0.1, 0.15) is 0 Å². The van der Waals surface area contributed by atoms with Crippen LogP contribution in [0.4, 0.5) is 0 Å². The lowest BCUT2D eigenvalue weighted by Gasteiger charge is -2.38. The van der Waals surface area contributed by atoms with Crippen LogP contribution < -0.4 is 5.32 Å². The first-order chi connectivity index (χ1) is 8.97. The van der Waals surface area contributed by atoms with Gasteiger partial charge in [0, 0.05) is 6.04 Å². The van der Waals surface area contributed by atoms with Crippen LogP contribution in [0.15, 0.2) is 0 Å². The van der Waals surface area contributed by atoms with Crippen LogP contribution in [0.25, 0.3) is 0 Å². The Morgan fingerprint density at radius 3 is 2.16 bits per heavy atom. The molecule has 2 N–H and O–H groups in total.